The normalized spacial score (nSPS) is 21.3. The molecule has 0 saturated carbocycles. The molecule has 1 aliphatic rings. The number of ether oxygens (including phenoxy) is 1. The number of carbonyl (C=O) groups is 1. The van der Waals surface area contributed by atoms with Gasteiger partial charge < -0.3 is 15.4 Å². The van der Waals surface area contributed by atoms with Crippen LogP contribution in [0.1, 0.15) is 5.56 Å². The van der Waals surface area contributed by atoms with E-state index in [9.17, 15) is 4.79 Å². The Morgan fingerprint density at radius 2 is 2.60 bits per heavy atom. The number of aryl methyl sites for hydroxylation is 1. The summed E-state index contributed by atoms with van der Waals surface area (Å²) in [6.07, 6.45) is -0.361. The van der Waals surface area contributed by atoms with Crippen LogP contribution in [0.2, 0.25) is 0 Å². The molecule has 2 N–H and O–H groups in total. The number of amides is 1. The van der Waals surface area contributed by atoms with Crippen LogP contribution < -0.4 is 10.6 Å². The van der Waals surface area contributed by atoms with Gasteiger partial charge in [0, 0.05) is 13.1 Å². The van der Waals surface area contributed by atoms with Crippen molar-refractivity contribution >= 4 is 22.2 Å². The Kier molecular flexibility index (Phi) is 3.35. The zero-order valence-corrected chi connectivity index (χ0v) is 9.39. The molecule has 1 aliphatic heterocycles. The summed E-state index contributed by atoms with van der Waals surface area (Å²) >= 11 is 1.53. The van der Waals surface area contributed by atoms with Gasteiger partial charge in [0.15, 0.2) is 0 Å². The minimum Gasteiger partial charge on any atom is -0.366 e. The third-order valence-electron chi connectivity index (χ3n) is 2.32. The number of nitrogens with one attached hydrogen (secondary N) is 2. The highest BCUT2D eigenvalue weighted by molar-refractivity contribution is 7.14. The van der Waals surface area contributed by atoms with Crippen molar-refractivity contribution in [3.05, 3.63) is 17.0 Å². The molecule has 0 bridgehead atoms. The lowest BCUT2D eigenvalue weighted by Crippen LogP contribution is -2.45. The molecule has 1 fully saturated rings. The van der Waals surface area contributed by atoms with E-state index < -0.39 is 0 Å². The average molecular weight is 226 g/mol. The highest BCUT2D eigenvalue weighted by atomic mass is 32.1. The highest BCUT2D eigenvalue weighted by Gasteiger charge is 2.22. The van der Waals surface area contributed by atoms with Gasteiger partial charge in [0.1, 0.15) is 6.10 Å². The zero-order chi connectivity index (χ0) is 10.7. The smallest absolute Gasteiger partial charge is 0.255 e. The van der Waals surface area contributed by atoms with Crippen molar-refractivity contribution in [2.45, 2.75) is 13.0 Å². The van der Waals surface area contributed by atoms with Crippen LogP contribution in [0.4, 0.5) is 5.00 Å². The van der Waals surface area contributed by atoms with E-state index in [2.05, 4.69) is 10.6 Å². The van der Waals surface area contributed by atoms with Gasteiger partial charge in [0.05, 0.1) is 11.6 Å². The van der Waals surface area contributed by atoms with Crippen LogP contribution in [-0.4, -0.2) is 31.7 Å². The first-order valence-corrected chi connectivity index (χ1v) is 5.82. The Hall–Kier alpha value is -0.910. The summed E-state index contributed by atoms with van der Waals surface area (Å²) in [6, 6.07) is 1.99. The molecule has 5 heteroatoms. The van der Waals surface area contributed by atoms with Crippen molar-refractivity contribution in [3.8, 4) is 0 Å². The largest absolute Gasteiger partial charge is 0.366 e. The Labute approximate surface area is 92.6 Å². The minimum absolute atomic E-state index is 0.0623. The first kappa shape index (κ1) is 10.6. The predicted octanol–water partition coefficient (Wildman–Crippen LogP) is 0.983. The fourth-order valence-corrected chi connectivity index (χ4v) is 2.25. The summed E-state index contributed by atoms with van der Waals surface area (Å²) in [7, 11) is 0. The second-order valence-corrected chi connectivity index (χ2v) is 4.40. The maximum atomic E-state index is 11.7. The standard InChI is InChI=1S/C10H14N2O2S/c1-7-2-5-15-10(7)12-9(13)8-6-11-3-4-14-8/h2,5,8,11H,3-4,6H2,1H3,(H,12,13). The molecule has 2 rings (SSSR count). The molecule has 1 aromatic heterocycles. The minimum atomic E-state index is -0.361. The van der Waals surface area contributed by atoms with Crippen LogP contribution in [0.15, 0.2) is 11.4 Å². The number of rotatable bonds is 2. The van der Waals surface area contributed by atoms with Crippen LogP contribution in [-0.2, 0) is 9.53 Å². The van der Waals surface area contributed by atoms with Crippen LogP contribution >= 0.6 is 11.3 Å². The van der Waals surface area contributed by atoms with Gasteiger partial charge in [-0.15, -0.1) is 11.3 Å². The first-order chi connectivity index (χ1) is 7.27. The number of anilines is 1. The lowest BCUT2D eigenvalue weighted by atomic mass is 10.3. The fraction of sp³-hybridized carbons (Fsp3) is 0.500. The summed E-state index contributed by atoms with van der Waals surface area (Å²) in [6.45, 7) is 3.99. The predicted molar refractivity (Wildman–Crippen MR) is 60.3 cm³/mol. The topological polar surface area (TPSA) is 50.4 Å². The van der Waals surface area contributed by atoms with Crippen LogP contribution in [0.25, 0.3) is 0 Å². The van der Waals surface area contributed by atoms with Gasteiger partial charge in [-0.05, 0) is 23.9 Å². The lowest BCUT2D eigenvalue weighted by Gasteiger charge is -2.22. The highest BCUT2D eigenvalue weighted by Crippen LogP contribution is 2.22. The summed E-state index contributed by atoms with van der Waals surface area (Å²) in [5.74, 6) is -0.0623. The molecule has 0 spiro atoms. The molecule has 0 radical (unpaired) electrons. The molecule has 0 aromatic carbocycles. The number of morpholine rings is 1. The quantitative estimate of drug-likeness (QED) is 0.790. The third-order valence-corrected chi connectivity index (χ3v) is 3.25. The van der Waals surface area contributed by atoms with Crippen molar-refractivity contribution in [1.29, 1.82) is 0 Å². The van der Waals surface area contributed by atoms with E-state index >= 15 is 0 Å². The van der Waals surface area contributed by atoms with Gasteiger partial charge in [-0.25, -0.2) is 0 Å². The summed E-state index contributed by atoms with van der Waals surface area (Å²) in [4.78, 5) is 11.7. The van der Waals surface area contributed by atoms with Crippen molar-refractivity contribution in [2.24, 2.45) is 0 Å². The van der Waals surface area contributed by atoms with Crippen LogP contribution in [0, 0.1) is 6.92 Å². The Balaban J connectivity index is 1.94. The van der Waals surface area contributed by atoms with Gasteiger partial charge in [-0.1, -0.05) is 0 Å². The van der Waals surface area contributed by atoms with Gasteiger partial charge >= 0.3 is 0 Å². The summed E-state index contributed by atoms with van der Waals surface area (Å²) in [5, 5.41) is 8.88. The zero-order valence-electron chi connectivity index (χ0n) is 8.58. The number of hydrogen-bond acceptors (Lipinski definition) is 4. The molecule has 4 nitrogen and oxygen atoms in total. The fourth-order valence-electron chi connectivity index (χ4n) is 1.43. The average Bonchev–Trinajstić information content (AvgIpc) is 2.66. The third kappa shape index (κ3) is 2.56. The SMILES string of the molecule is Cc1ccsc1NC(=O)C1CNCCO1. The van der Waals surface area contributed by atoms with E-state index in [1.165, 1.54) is 11.3 Å². The van der Waals surface area contributed by atoms with E-state index in [-0.39, 0.29) is 12.0 Å². The van der Waals surface area contributed by atoms with Gasteiger partial charge in [-0.3, -0.25) is 4.79 Å². The second kappa shape index (κ2) is 4.74. The Morgan fingerprint density at radius 1 is 1.73 bits per heavy atom. The Morgan fingerprint density at radius 3 is 3.20 bits per heavy atom. The Bertz CT molecular complexity index is 345. The molecule has 2 heterocycles. The first-order valence-electron chi connectivity index (χ1n) is 4.94. The number of thiophene rings is 1. The lowest BCUT2D eigenvalue weighted by molar-refractivity contribution is -0.128. The molecule has 0 aliphatic carbocycles. The molecule has 82 valence electrons. The molecular weight excluding hydrogens is 212 g/mol. The maximum Gasteiger partial charge on any atom is 0.255 e. The summed E-state index contributed by atoms with van der Waals surface area (Å²) in [5.41, 5.74) is 1.09. The van der Waals surface area contributed by atoms with E-state index in [0.29, 0.717) is 13.2 Å². The monoisotopic (exact) mass is 226 g/mol. The molecule has 15 heavy (non-hydrogen) atoms. The van der Waals surface area contributed by atoms with E-state index in [4.69, 9.17) is 4.74 Å². The van der Waals surface area contributed by atoms with Gasteiger partial charge in [0.25, 0.3) is 5.91 Å². The summed E-state index contributed by atoms with van der Waals surface area (Å²) < 4.78 is 5.36. The van der Waals surface area contributed by atoms with Crippen molar-refractivity contribution in [3.63, 3.8) is 0 Å². The van der Waals surface area contributed by atoms with Gasteiger partial charge in [0.2, 0.25) is 0 Å². The molecular formula is C10H14N2O2S. The molecule has 1 atom stereocenters. The van der Waals surface area contributed by atoms with Crippen LogP contribution in [0.5, 0.6) is 0 Å². The maximum absolute atomic E-state index is 11.7. The van der Waals surface area contributed by atoms with E-state index in [1.54, 1.807) is 0 Å². The van der Waals surface area contributed by atoms with E-state index in [1.807, 2.05) is 18.4 Å². The van der Waals surface area contributed by atoms with Gasteiger partial charge in [-0.2, -0.15) is 0 Å². The van der Waals surface area contributed by atoms with Crippen molar-refractivity contribution < 1.29 is 9.53 Å². The second-order valence-electron chi connectivity index (χ2n) is 3.49. The van der Waals surface area contributed by atoms with Crippen molar-refractivity contribution in [2.75, 3.05) is 25.0 Å². The number of hydrogen-bond donors (Lipinski definition) is 2. The van der Waals surface area contributed by atoms with Crippen LogP contribution in [0.3, 0.4) is 0 Å². The molecule has 1 unspecified atom stereocenters. The molecule has 1 saturated heterocycles. The molecule has 1 aromatic rings. The number of carbonyl (C=O) groups excluding carboxylic acids is 1. The molecule has 1 amide bonds. The van der Waals surface area contributed by atoms with E-state index in [0.717, 1.165) is 17.1 Å². The van der Waals surface area contributed by atoms with Crippen molar-refractivity contribution in [1.82, 2.24) is 5.32 Å².